The first-order valence-corrected chi connectivity index (χ1v) is 4.34. The molecule has 3 nitrogen and oxygen atoms in total. The largest absolute Gasteiger partial charge is 0.396 e. The van der Waals surface area contributed by atoms with E-state index in [0.29, 0.717) is 6.42 Å². The van der Waals surface area contributed by atoms with E-state index >= 15 is 0 Å². The minimum atomic E-state index is -0.564. The molecule has 0 aromatic heterocycles. The monoisotopic (exact) mass is 172 g/mol. The van der Waals surface area contributed by atoms with Gasteiger partial charge in [0.1, 0.15) is 0 Å². The summed E-state index contributed by atoms with van der Waals surface area (Å²) in [6.45, 7) is 0.00340. The van der Waals surface area contributed by atoms with Crippen LogP contribution in [0.4, 0.5) is 0 Å². The van der Waals surface area contributed by atoms with Crippen molar-refractivity contribution in [2.75, 3.05) is 19.8 Å². The molecule has 12 heavy (non-hydrogen) atoms. The zero-order valence-corrected chi connectivity index (χ0v) is 7.16. The first-order valence-electron chi connectivity index (χ1n) is 4.34. The second kappa shape index (κ2) is 4.21. The number of hydrogen-bond donors (Lipinski definition) is 3. The second-order valence-corrected chi connectivity index (χ2v) is 3.56. The molecular formula is C9H16O3. The average Bonchev–Trinajstić information content (AvgIpc) is 2.18. The van der Waals surface area contributed by atoms with E-state index in [4.69, 9.17) is 15.3 Å². The molecule has 0 aromatic carbocycles. The highest BCUT2D eigenvalue weighted by Crippen LogP contribution is 2.37. The molecule has 1 atom stereocenters. The van der Waals surface area contributed by atoms with Crippen molar-refractivity contribution in [1.29, 1.82) is 0 Å². The summed E-state index contributed by atoms with van der Waals surface area (Å²) in [4.78, 5) is 0. The van der Waals surface area contributed by atoms with Crippen LogP contribution in [0.3, 0.4) is 0 Å². The number of aliphatic hydroxyl groups excluding tert-OH is 3. The van der Waals surface area contributed by atoms with Crippen LogP contribution in [0.2, 0.25) is 0 Å². The van der Waals surface area contributed by atoms with E-state index in [0.717, 1.165) is 12.8 Å². The van der Waals surface area contributed by atoms with Crippen molar-refractivity contribution in [3.8, 4) is 0 Å². The molecule has 1 aliphatic carbocycles. The quantitative estimate of drug-likeness (QED) is 0.554. The van der Waals surface area contributed by atoms with Crippen molar-refractivity contribution in [3.05, 3.63) is 6.42 Å². The molecule has 0 saturated heterocycles. The minimum Gasteiger partial charge on any atom is -0.396 e. The van der Waals surface area contributed by atoms with E-state index in [1.54, 1.807) is 0 Å². The van der Waals surface area contributed by atoms with Gasteiger partial charge >= 0.3 is 0 Å². The molecule has 0 aliphatic heterocycles. The zero-order valence-electron chi connectivity index (χ0n) is 7.16. The van der Waals surface area contributed by atoms with Crippen LogP contribution in [0, 0.1) is 17.8 Å². The molecule has 0 aromatic rings. The van der Waals surface area contributed by atoms with Crippen LogP contribution in [-0.2, 0) is 0 Å². The Bertz CT molecular complexity index is 132. The number of hydrogen-bond acceptors (Lipinski definition) is 3. The molecule has 0 bridgehead atoms. The molecule has 1 fully saturated rings. The van der Waals surface area contributed by atoms with Gasteiger partial charge in [0.15, 0.2) is 0 Å². The smallest absolute Gasteiger partial charge is 0.0515 e. The molecule has 70 valence electrons. The maximum atomic E-state index is 9.05. The standard InChI is InChI=1S/C9H16O3/c10-5-8-2-1-3-9(4-8,6-11)7-12/h8,10-12H,1-2,4-7H2. The average molecular weight is 172 g/mol. The van der Waals surface area contributed by atoms with Crippen molar-refractivity contribution in [1.82, 2.24) is 0 Å². The molecule has 0 spiro atoms. The van der Waals surface area contributed by atoms with E-state index in [9.17, 15) is 0 Å². The van der Waals surface area contributed by atoms with Gasteiger partial charge < -0.3 is 15.3 Å². The maximum absolute atomic E-state index is 9.05. The summed E-state index contributed by atoms with van der Waals surface area (Å²) in [5.74, 6) is 0.213. The van der Waals surface area contributed by atoms with Crippen LogP contribution in [0.5, 0.6) is 0 Å². The molecule has 1 saturated carbocycles. The normalized spacial score (nSPS) is 28.8. The Labute approximate surface area is 73.0 Å². The Balaban J connectivity index is 2.52. The van der Waals surface area contributed by atoms with Crippen LogP contribution in [-0.4, -0.2) is 35.1 Å². The van der Waals surface area contributed by atoms with Gasteiger partial charge in [-0.25, -0.2) is 0 Å². The first kappa shape index (κ1) is 9.96. The van der Waals surface area contributed by atoms with E-state index in [1.807, 2.05) is 0 Å². The van der Waals surface area contributed by atoms with Gasteiger partial charge in [-0.2, -0.15) is 0 Å². The van der Waals surface area contributed by atoms with Crippen molar-refractivity contribution in [3.63, 3.8) is 0 Å². The lowest BCUT2D eigenvalue weighted by atomic mass is 9.71. The van der Waals surface area contributed by atoms with E-state index in [1.165, 1.54) is 0 Å². The highest BCUT2D eigenvalue weighted by atomic mass is 16.3. The Morgan fingerprint density at radius 1 is 1.25 bits per heavy atom. The number of rotatable bonds is 3. The Morgan fingerprint density at radius 3 is 2.42 bits per heavy atom. The third-order valence-electron chi connectivity index (χ3n) is 2.60. The summed E-state index contributed by atoms with van der Waals surface area (Å²) < 4.78 is 0. The molecular weight excluding hydrogens is 156 g/mol. The third kappa shape index (κ3) is 1.97. The summed E-state index contributed by atoms with van der Waals surface area (Å²) in [7, 11) is 0. The predicted molar refractivity (Wildman–Crippen MR) is 44.3 cm³/mol. The Kier molecular flexibility index (Phi) is 3.50. The van der Waals surface area contributed by atoms with Crippen LogP contribution in [0.15, 0.2) is 0 Å². The van der Waals surface area contributed by atoms with Gasteiger partial charge in [0.2, 0.25) is 0 Å². The summed E-state index contributed by atoms with van der Waals surface area (Å²) >= 11 is 0. The molecule has 3 heteroatoms. The summed E-state index contributed by atoms with van der Waals surface area (Å²) in [6.07, 6.45) is 5.41. The fraction of sp³-hybridized carbons (Fsp3) is 0.889. The van der Waals surface area contributed by atoms with Crippen LogP contribution < -0.4 is 0 Å². The lowest BCUT2D eigenvalue weighted by Gasteiger charge is -2.36. The molecule has 2 radical (unpaired) electrons. The van der Waals surface area contributed by atoms with E-state index < -0.39 is 5.41 Å². The van der Waals surface area contributed by atoms with Gasteiger partial charge in [0.25, 0.3) is 0 Å². The summed E-state index contributed by atoms with van der Waals surface area (Å²) in [5.41, 5.74) is -0.564. The first-order chi connectivity index (χ1) is 5.76. The highest BCUT2D eigenvalue weighted by molar-refractivity contribution is 4.97. The predicted octanol–water partition coefficient (Wildman–Crippen LogP) is -0.169. The second-order valence-electron chi connectivity index (χ2n) is 3.56. The third-order valence-corrected chi connectivity index (χ3v) is 2.60. The van der Waals surface area contributed by atoms with Crippen molar-refractivity contribution in [2.24, 2.45) is 11.3 Å². The van der Waals surface area contributed by atoms with Crippen molar-refractivity contribution >= 4 is 0 Å². The lowest BCUT2D eigenvalue weighted by molar-refractivity contribution is 0.0288. The van der Waals surface area contributed by atoms with Crippen molar-refractivity contribution in [2.45, 2.75) is 19.3 Å². The summed E-state index contributed by atoms with van der Waals surface area (Å²) in [5, 5.41) is 27.0. The molecule has 1 unspecified atom stereocenters. The molecule has 1 rings (SSSR count). The van der Waals surface area contributed by atoms with Gasteiger partial charge in [-0.3, -0.25) is 0 Å². The molecule has 0 amide bonds. The highest BCUT2D eigenvalue weighted by Gasteiger charge is 2.35. The molecule has 0 heterocycles. The van der Waals surface area contributed by atoms with Gasteiger partial charge in [0.05, 0.1) is 13.2 Å². The minimum absolute atomic E-state index is 0.0694. The SMILES string of the molecule is OCC1CC[C]C(CO)(CO)C1. The lowest BCUT2D eigenvalue weighted by Crippen LogP contribution is -2.37. The van der Waals surface area contributed by atoms with Crippen LogP contribution in [0.1, 0.15) is 19.3 Å². The van der Waals surface area contributed by atoms with Gasteiger partial charge in [0, 0.05) is 12.0 Å². The fourth-order valence-corrected chi connectivity index (χ4v) is 1.72. The summed E-state index contributed by atoms with van der Waals surface area (Å²) in [6, 6.07) is 0. The van der Waals surface area contributed by atoms with Crippen LogP contribution in [0.25, 0.3) is 0 Å². The number of aliphatic hydroxyl groups is 3. The van der Waals surface area contributed by atoms with Gasteiger partial charge in [-0.15, -0.1) is 0 Å². The zero-order chi connectivity index (χ0) is 9.03. The van der Waals surface area contributed by atoms with Crippen molar-refractivity contribution < 1.29 is 15.3 Å². The van der Waals surface area contributed by atoms with E-state index in [-0.39, 0.29) is 25.7 Å². The van der Waals surface area contributed by atoms with Gasteiger partial charge in [-0.1, -0.05) is 0 Å². The Morgan fingerprint density at radius 2 is 1.92 bits per heavy atom. The molecule has 3 N–H and O–H groups in total. The Hall–Kier alpha value is -0.120. The fourth-order valence-electron chi connectivity index (χ4n) is 1.72. The maximum Gasteiger partial charge on any atom is 0.0515 e. The topological polar surface area (TPSA) is 60.7 Å². The molecule has 1 aliphatic rings. The van der Waals surface area contributed by atoms with Gasteiger partial charge in [-0.05, 0) is 31.6 Å². The van der Waals surface area contributed by atoms with E-state index in [2.05, 4.69) is 6.42 Å². The van der Waals surface area contributed by atoms with Crippen LogP contribution >= 0.6 is 0 Å².